The molecule has 0 aliphatic rings. The third kappa shape index (κ3) is 2.19. The lowest BCUT2D eigenvalue weighted by atomic mass is 10.1. The molecular weight excluding hydrogens is 227 g/mol. The fraction of sp³-hybridized carbons (Fsp3) is 0.167. The highest BCUT2D eigenvalue weighted by Crippen LogP contribution is 2.23. The summed E-state index contributed by atoms with van der Waals surface area (Å²) in [4.78, 5) is 7.95. The van der Waals surface area contributed by atoms with Gasteiger partial charge < -0.3 is 0 Å². The Morgan fingerprint density at radius 2 is 2.06 bits per heavy atom. The first-order chi connectivity index (χ1) is 7.70. The number of alkyl halides is 1. The summed E-state index contributed by atoms with van der Waals surface area (Å²) in [5.74, 6) is -0.162. The summed E-state index contributed by atoms with van der Waals surface area (Å²) >= 11 is 5.83. The van der Waals surface area contributed by atoms with E-state index in [1.807, 2.05) is 19.1 Å². The van der Waals surface area contributed by atoms with Crippen LogP contribution in [0.3, 0.4) is 0 Å². The highest BCUT2D eigenvalue weighted by atomic mass is 35.5. The molecule has 0 saturated heterocycles. The molecule has 0 spiro atoms. The van der Waals surface area contributed by atoms with Crippen molar-refractivity contribution in [1.29, 1.82) is 0 Å². The van der Waals surface area contributed by atoms with E-state index in [4.69, 9.17) is 11.6 Å². The summed E-state index contributed by atoms with van der Waals surface area (Å²) in [6, 6.07) is 6.82. The lowest BCUT2D eigenvalue weighted by Gasteiger charge is -2.06. The Morgan fingerprint density at radius 1 is 1.25 bits per heavy atom. The fourth-order valence-corrected chi connectivity index (χ4v) is 1.71. The smallest absolute Gasteiger partial charge is 0.212 e. The van der Waals surface area contributed by atoms with Gasteiger partial charge in [0.1, 0.15) is 0 Å². The van der Waals surface area contributed by atoms with E-state index < -0.39 is 5.95 Å². The Labute approximate surface area is 98.1 Å². The summed E-state index contributed by atoms with van der Waals surface area (Å²) in [6.07, 6.45) is 1.48. The van der Waals surface area contributed by atoms with E-state index in [0.717, 1.165) is 22.5 Å². The van der Waals surface area contributed by atoms with Crippen LogP contribution in [0.1, 0.15) is 11.4 Å². The molecule has 0 fully saturated rings. The number of rotatable bonds is 2. The van der Waals surface area contributed by atoms with E-state index in [0.29, 0.717) is 5.88 Å². The molecule has 2 aromatic rings. The molecule has 82 valence electrons. The third-order valence-electron chi connectivity index (χ3n) is 2.28. The third-order valence-corrected chi connectivity index (χ3v) is 2.53. The fourth-order valence-electron chi connectivity index (χ4n) is 1.51. The lowest BCUT2D eigenvalue weighted by molar-refractivity contribution is 0.584. The molecular formula is C12H10ClFN2. The maximum Gasteiger partial charge on any atom is 0.212 e. The predicted octanol–water partition coefficient (Wildman–Crippen LogP) is 3.33. The first-order valence-corrected chi connectivity index (χ1v) is 5.38. The zero-order valence-electron chi connectivity index (χ0n) is 8.74. The monoisotopic (exact) mass is 236 g/mol. The molecule has 0 N–H and O–H groups in total. The summed E-state index contributed by atoms with van der Waals surface area (Å²) in [6.45, 7) is 1.91. The van der Waals surface area contributed by atoms with Crippen LogP contribution in [0.15, 0.2) is 30.5 Å². The topological polar surface area (TPSA) is 25.8 Å². The summed E-state index contributed by atoms with van der Waals surface area (Å²) in [5.41, 5.74) is 3.42. The minimum Gasteiger partial charge on any atom is -0.256 e. The van der Waals surface area contributed by atoms with Gasteiger partial charge in [-0.3, -0.25) is 4.98 Å². The second-order valence-corrected chi connectivity index (χ2v) is 3.72. The van der Waals surface area contributed by atoms with Gasteiger partial charge in [-0.15, -0.1) is 11.6 Å². The van der Waals surface area contributed by atoms with Gasteiger partial charge in [0.25, 0.3) is 0 Å². The van der Waals surface area contributed by atoms with E-state index >= 15 is 0 Å². The van der Waals surface area contributed by atoms with Crippen LogP contribution in [0.25, 0.3) is 11.1 Å². The minimum absolute atomic E-state index is 0.328. The van der Waals surface area contributed by atoms with Crippen molar-refractivity contribution in [2.24, 2.45) is 0 Å². The average molecular weight is 237 g/mol. The number of nitrogens with zero attached hydrogens (tertiary/aromatic N) is 2. The predicted molar refractivity (Wildman–Crippen MR) is 61.7 cm³/mol. The summed E-state index contributed by atoms with van der Waals surface area (Å²) in [5, 5.41) is 0. The van der Waals surface area contributed by atoms with E-state index in [9.17, 15) is 4.39 Å². The Balaban J connectivity index is 2.51. The van der Waals surface area contributed by atoms with Crippen LogP contribution in [0.5, 0.6) is 0 Å². The number of aromatic nitrogens is 2. The molecule has 0 aliphatic heterocycles. The van der Waals surface area contributed by atoms with Crippen LogP contribution in [0.2, 0.25) is 0 Å². The molecule has 0 amide bonds. The van der Waals surface area contributed by atoms with Crippen molar-refractivity contribution >= 4 is 11.6 Å². The Hall–Kier alpha value is -1.48. The highest BCUT2D eigenvalue weighted by Gasteiger charge is 2.06. The van der Waals surface area contributed by atoms with Crippen molar-refractivity contribution in [3.05, 3.63) is 47.8 Å². The molecule has 0 radical (unpaired) electrons. The number of halogens is 2. The number of pyridine rings is 2. The Kier molecular flexibility index (Phi) is 3.15. The van der Waals surface area contributed by atoms with Gasteiger partial charge >= 0.3 is 0 Å². The second-order valence-electron chi connectivity index (χ2n) is 3.45. The summed E-state index contributed by atoms with van der Waals surface area (Å²) < 4.78 is 12.7. The zero-order chi connectivity index (χ0) is 11.5. The van der Waals surface area contributed by atoms with Gasteiger partial charge in [-0.05, 0) is 25.1 Å². The van der Waals surface area contributed by atoms with Crippen molar-refractivity contribution in [3.8, 4) is 11.1 Å². The molecule has 2 nitrogen and oxygen atoms in total. The van der Waals surface area contributed by atoms with Gasteiger partial charge in [0.2, 0.25) is 5.95 Å². The second kappa shape index (κ2) is 4.58. The quantitative estimate of drug-likeness (QED) is 0.591. The van der Waals surface area contributed by atoms with Crippen LogP contribution < -0.4 is 0 Å². The minimum atomic E-state index is -0.490. The lowest BCUT2D eigenvalue weighted by Crippen LogP contribution is -1.94. The molecule has 16 heavy (non-hydrogen) atoms. The molecule has 2 aromatic heterocycles. The van der Waals surface area contributed by atoms with Gasteiger partial charge in [-0.2, -0.15) is 4.39 Å². The average Bonchev–Trinajstić information content (AvgIpc) is 2.30. The molecule has 2 rings (SSSR count). The Bertz CT molecular complexity index is 497. The molecule has 0 aromatic carbocycles. The zero-order valence-corrected chi connectivity index (χ0v) is 9.50. The van der Waals surface area contributed by atoms with E-state index in [2.05, 4.69) is 9.97 Å². The maximum atomic E-state index is 12.7. The van der Waals surface area contributed by atoms with Crippen LogP contribution >= 0.6 is 11.6 Å². The first kappa shape index (κ1) is 11.0. The van der Waals surface area contributed by atoms with Crippen LogP contribution in [0.4, 0.5) is 4.39 Å². The van der Waals surface area contributed by atoms with Crippen LogP contribution in [-0.4, -0.2) is 9.97 Å². The number of aryl methyl sites for hydroxylation is 1. The SMILES string of the molecule is Cc1ccc(-c2ccc(F)nc2)c(CCl)n1. The van der Waals surface area contributed by atoms with Gasteiger partial charge in [0, 0.05) is 23.0 Å². The van der Waals surface area contributed by atoms with Gasteiger partial charge in [-0.1, -0.05) is 6.07 Å². The first-order valence-electron chi connectivity index (χ1n) is 4.85. The molecule has 0 aliphatic carbocycles. The van der Waals surface area contributed by atoms with Gasteiger partial charge in [0.05, 0.1) is 11.6 Å². The van der Waals surface area contributed by atoms with Crippen molar-refractivity contribution in [3.63, 3.8) is 0 Å². The maximum absolute atomic E-state index is 12.7. The van der Waals surface area contributed by atoms with E-state index in [1.54, 1.807) is 6.07 Å². The van der Waals surface area contributed by atoms with Gasteiger partial charge in [-0.25, -0.2) is 4.98 Å². The van der Waals surface area contributed by atoms with E-state index in [1.165, 1.54) is 12.3 Å². The molecule has 2 heterocycles. The summed E-state index contributed by atoms with van der Waals surface area (Å²) in [7, 11) is 0. The molecule has 0 atom stereocenters. The van der Waals surface area contributed by atoms with Crippen LogP contribution in [-0.2, 0) is 5.88 Å². The van der Waals surface area contributed by atoms with Crippen molar-refractivity contribution in [2.75, 3.05) is 0 Å². The van der Waals surface area contributed by atoms with Gasteiger partial charge in [0.15, 0.2) is 0 Å². The largest absolute Gasteiger partial charge is 0.256 e. The number of hydrogen-bond acceptors (Lipinski definition) is 2. The Morgan fingerprint density at radius 3 is 2.69 bits per heavy atom. The number of hydrogen-bond donors (Lipinski definition) is 0. The molecule has 0 bridgehead atoms. The highest BCUT2D eigenvalue weighted by molar-refractivity contribution is 6.17. The molecule has 0 saturated carbocycles. The van der Waals surface area contributed by atoms with Crippen molar-refractivity contribution in [2.45, 2.75) is 12.8 Å². The normalized spacial score (nSPS) is 10.4. The van der Waals surface area contributed by atoms with E-state index in [-0.39, 0.29) is 0 Å². The standard InChI is InChI=1S/C12H10ClFN2/c1-8-2-4-10(11(6-13)16-8)9-3-5-12(14)15-7-9/h2-5,7H,6H2,1H3. The van der Waals surface area contributed by atoms with Crippen molar-refractivity contribution in [1.82, 2.24) is 9.97 Å². The molecule has 4 heteroatoms. The van der Waals surface area contributed by atoms with Crippen molar-refractivity contribution < 1.29 is 4.39 Å². The molecule has 0 unspecified atom stereocenters. The van der Waals surface area contributed by atoms with Crippen LogP contribution in [0, 0.1) is 12.9 Å².